The van der Waals surface area contributed by atoms with Crippen molar-refractivity contribution < 1.29 is 4.21 Å². The number of rotatable bonds is 6. The Morgan fingerprint density at radius 2 is 2.04 bits per heavy atom. The summed E-state index contributed by atoms with van der Waals surface area (Å²) >= 11 is 0. The van der Waals surface area contributed by atoms with Crippen LogP contribution in [0.5, 0.6) is 0 Å². The highest BCUT2D eigenvalue weighted by atomic mass is 32.2. The van der Waals surface area contributed by atoms with Gasteiger partial charge in [-0.1, -0.05) is 51.5 Å². The Morgan fingerprint density at radius 1 is 1.31 bits per heavy atom. The third kappa shape index (κ3) is 5.57. The van der Waals surface area contributed by atoms with Gasteiger partial charge in [0.15, 0.2) is 5.96 Å². The van der Waals surface area contributed by atoms with Gasteiger partial charge in [0, 0.05) is 46.9 Å². The normalized spacial score (nSPS) is 22.7. The van der Waals surface area contributed by atoms with Gasteiger partial charge in [0.2, 0.25) is 0 Å². The first-order chi connectivity index (χ1) is 12.4. The first-order valence-corrected chi connectivity index (χ1v) is 11.2. The molecule has 26 heavy (non-hydrogen) atoms. The molecule has 1 aliphatic carbocycles. The van der Waals surface area contributed by atoms with Crippen molar-refractivity contribution in [2.24, 2.45) is 4.99 Å². The highest BCUT2D eigenvalue weighted by Crippen LogP contribution is 2.26. The maximum Gasteiger partial charge on any atom is 0.191 e. The van der Waals surface area contributed by atoms with Crippen LogP contribution in [0.4, 0.5) is 0 Å². The van der Waals surface area contributed by atoms with Crippen molar-refractivity contribution in [1.29, 1.82) is 0 Å². The van der Waals surface area contributed by atoms with Gasteiger partial charge in [0.1, 0.15) is 0 Å². The highest BCUT2D eigenvalue weighted by molar-refractivity contribution is 7.85. The lowest BCUT2D eigenvalue weighted by Crippen LogP contribution is -2.49. The largest absolute Gasteiger partial charge is 0.356 e. The monoisotopic (exact) mass is 377 g/mol. The summed E-state index contributed by atoms with van der Waals surface area (Å²) in [5.41, 5.74) is 2.69. The summed E-state index contributed by atoms with van der Waals surface area (Å²) < 4.78 is 12.2. The summed E-state index contributed by atoms with van der Waals surface area (Å²) in [6, 6.07) is 8.92. The van der Waals surface area contributed by atoms with Crippen LogP contribution in [0.15, 0.2) is 29.3 Å². The fraction of sp³-hybridized carbons (Fsp3) is 0.667. The number of benzene rings is 1. The second kappa shape index (κ2) is 9.54. The summed E-state index contributed by atoms with van der Waals surface area (Å²) in [5, 5.41) is 7.39. The summed E-state index contributed by atoms with van der Waals surface area (Å²) in [6.45, 7) is 9.52. The number of guanidine groups is 1. The molecule has 1 aromatic carbocycles. The lowest BCUT2D eigenvalue weighted by atomic mass is 9.82. The summed E-state index contributed by atoms with van der Waals surface area (Å²) in [5.74, 6) is 1.61. The van der Waals surface area contributed by atoms with Crippen molar-refractivity contribution in [3.05, 3.63) is 35.4 Å². The van der Waals surface area contributed by atoms with Crippen LogP contribution < -0.4 is 10.6 Å². The first kappa shape index (κ1) is 20.9. The average Bonchev–Trinajstić information content (AvgIpc) is 2.64. The van der Waals surface area contributed by atoms with Gasteiger partial charge in [0.25, 0.3) is 0 Å². The van der Waals surface area contributed by atoms with Gasteiger partial charge < -0.3 is 10.6 Å². The number of aryl methyl sites for hydroxylation is 1. The zero-order valence-corrected chi connectivity index (χ0v) is 17.8. The van der Waals surface area contributed by atoms with E-state index in [-0.39, 0.29) is 5.41 Å². The van der Waals surface area contributed by atoms with Gasteiger partial charge in [-0.3, -0.25) is 9.20 Å². The first-order valence-electron chi connectivity index (χ1n) is 9.78. The zero-order valence-electron chi connectivity index (χ0n) is 17.0. The maximum atomic E-state index is 12.2. The summed E-state index contributed by atoms with van der Waals surface area (Å²) in [4.78, 5) is 4.41. The van der Waals surface area contributed by atoms with Crippen molar-refractivity contribution in [1.82, 2.24) is 10.6 Å². The molecule has 5 heteroatoms. The predicted octanol–water partition coefficient (Wildman–Crippen LogP) is 3.52. The molecule has 0 aromatic heterocycles. The van der Waals surface area contributed by atoms with Gasteiger partial charge >= 0.3 is 0 Å². The lowest BCUT2D eigenvalue weighted by molar-refractivity contribution is 0.410. The Balaban J connectivity index is 1.93. The molecule has 1 saturated carbocycles. The second-order valence-electron chi connectivity index (χ2n) is 7.92. The fourth-order valence-electron chi connectivity index (χ4n) is 3.87. The minimum atomic E-state index is -0.697. The molecule has 0 spiro atoms. The molecule has 2 N–H and O–H groups in total. The number of aliphatic imine (C=N–C) groups is 1. The van der Waals surface area contributed by atoms with Crippen LogP contribution in [0.1, 0.15) is 57.6 Å². The number of hydrogen-bond acceptors (Lipinski definition) is 2. The minimum absolute atomic E-state index is 0.0156. The molecule has 0 aliphatic heterocycles. The lowest BCUT2D eigenvalue weighted by Gasteiger charge is -2.32. The molecule has 0 bridgehead atoms. The van der Waals surface area contributed by atoms with Crippen molar-refractivity contribution in [2.45, 2.75) is 70.1 Å². The molecule has 3 atom stereocenters. The molecule has 146 valence electrons. The van der Waals surface area contributed by atoms with E-state index in [9.17, 15) is 4.21 Å². The van der Waals surface area contributed by atoms with Crippen LogP contribution in [0.3, 0.4) is 0 Å². The molecule has 1 aromatic rings. The average molecular weight is 378 g/mol. The van der Waals surface area contributed by atoms with E-state index >= 15 is 0 Å². The van der Waals surface area contributed by atoms with Crippen molar-refractivity contribution >= 4 is 16.8 Å². The molecular formula is C21H35N3OS. The van der Waals surface area contributed by atoms with E-state index in [4.69, 9.17) is 0 Å². The molecule has 0 amide bonds. The molecule has 1 fully saturated rings. The number of nitrogens with one attached hydrogen (secondary N) is 2. The molecule has 3 unspecified atom stereocenters. The Hall–Kier alpha value is -1.36. The van der Waals surface area contributed by atoms with E-state index in [2.05, 4.69) is 60.7 Å². The summed E-state index contributed by atoms with van der Waals surface area (Å²) in [7, 11) is 1.12. The topological polar surface area (TPSA) is 53.5 Å². The van der Waals surface area contributed by atoms with Crippen molar-refractivity contribution in [2.75, 3.05) is 19.3 Å². The second-order valence-corrected chi connectivity index (χ2v) is 9.93. The van der Waals surface area contributed by atoms with Crippen LogP contribution in [0.2, 0.25) is 0 Å². The van der Waals surface area contributed by atoms with Gasteiger partial charge in [-0.25, -0.2) is 0 Å². The number of nitrogens with zero attached hydrogens (tertiary/aromatic N) is 1. The van der Waals surface area contributed by atoms with E-state index in [0.717, 1.165) is 43.9 Å². The van der Waals surface area contributed by atoms with Crippen molar-refractivity contribution in [3.63, 3.8) is 0 Å². The minimum Gasteiger partial charge on any atom is -0.356 e. The Labute approximate surface area is 161 Å². The third-order valence-electron chi connectivity index (χ3n) is 5.42. The Kier molecular flexibility index (Phi) is 7.69. The predicted molar refractivity (Wildman–Crippen MR) is 113 cm³/mol. The molecule has 1 aliphatic rings. The molecular weight excluding hydrogens is 342 g/mol. The third-order valence-corrected chi connectivity index (χ3v) is 7.16. The maximum absolute atomic E-state index is 12.2. The zero-order chi connectivity index (χ0) is 19.2. The van der Waals surface area contributed by atoms with Crippen LogP contribution in [0.25, 0.3) is 0 Å². The molecule has 2 rings (SSSR count). The molecule has 0 heterocycles. The summed E-state index contributed by atoms with van der Waals surface area (Å²) in [6.07, 6.45) is 4.33. The van der Waals surface area contributed by atoms with Gasteiger partial charge in [-0.2, -0.15) is 0 Å². The standard InChI is InChI=1S/C21H35N3OS/c1-6-26(25)18-12-9-11-17(14-18)24-20(22-5)23-15-21(3,4)19-13-8-7-10-16(19)2/h7-8,10,13,17-18H,6,9,11-12,14-15H2,1-5H3,(H2,22,23,24). The van der Waals surface area contributed by atoms with Crippen molar-refractivity contribution in [3.8, 4) is 0 Å². The van der Waals surface area contributed by atoms with E-state index < -0.39 is 10.8 Å². The van der Waals surface area contributed by atoms with Gasteiger partial charge in [0.05, 0.1) is 0 Å². The highest BCUT2D eigenvalue weighted by Gasteiger charge is 2.27. The molecule has 0 radical (unpaired) electrons. The SMILES string of the molecule is CCS(=O)C1CCCC(NC(=NC)NCC(C)(C)c2ccccc2C)C1. The van der Waals surface area contributed by atoms with Crippen LogP contribution >= 0.6 is 0 Å². The van der Waals surface area contributed by atoms with Crippen LogP contribution in [-0.2, 0) is 16.2 Å². The van der Waals surface area contributed by atoms with E-state index in [1.807, 2.05) is 14.0 Å². The van der Waals surface area contributed by atoms with E-state index in [1.165, 1.54) is 11.1 Å². The Morgan fingerprint density at radius 3 is 2.69 bits per heavy atom. The fourth-order valence-corrected chi connectivity index (χ4v) is 5.22. The number of hydrogen-bond donors (Lipinski definition) is 2. The van der Waals surface area contributed by atoms with Gasteiger partial charge in [-0.15, -0.1) is 0 Å². The van der Waals surface area contributed by atoms with E-state index in [0.29, 0.717) is 11.3 Å². The smallest absolute Gasteiger partial charge is 0.191 e. The molecule has 0 saturated heterocycles. The van der Waals surface area contributed by atoms with Gasteiger partial charge in [-0.05, 0) is 37.3 Å². The van der Waals surface area contributed by atoms with Crippen LogP contribution in [0, 0.1) is 6.92 Å². The molecule has 4 nitrogen and oxygen atoms in total. The Bertz CT molecular complexity index is 642. The van der Waals surface area contributed by atoms with E-state index in [1.54, 1.807) is 0 Å². The van der Waals surface area contributed by atoms with Crippen LogP contribution in [-0.4, -0.2) is 40.8 Å². The quantitative estimate of drug-likeness (QED) is 0.589.